The molecule has 0 saturated heterocycles. The number of hydrogen-bond acceptors (Lipinski definition) is 3. The van der Waals surface area contributed by atoms with Gasteiger partial charge in [-0.3, -0.25) is 9.88 Å². The molecule has 0 aliphatic heterocycles. The van der Waals surface area contributed by atoms with Crippen LogP contribution in [0.4, 0.5) is 0 Å². The van der Waals surface area contributed by atoms with Crippen LogP contribution in [-0.4, -0.2) is 36.1 Å². The summed E-state index contributed by atoms with van der Waals surface area (Å²) in [5.74, 6) is 0. The van der Waals surface area contributed by atoms with Crippen LogP contribution in [0.15, 0.2) is 18.2 Å². The van der Waals surface area contributed by atoms with Crippen molar-refractivity contribution in [3.8, 4) is 0 Å². The Labute approximate surface area is 124 Å². The summed E-state index contributed by atoms with van der Waals surface area (Å²) in [7, 11) is 0. The van der Waals surface area contributed by atoms with E-state index in [1.54, 1.807) is 0 Å². The van der Waals surface area contributed by atoms with Crippen LogP contribution in [0.3, 0.4) is 0 Å². The maximum Gasteiger partial charge on any atom is 0.0547 e. The highest BCUT2D eigenvalue weighted by Gasteiger charge is 2.04. The third-order valence-electron chi connectivity index (χ3n) is 3.53. The standard InChI is InChI=1S/C17H31N3/c1-4-12-18-13-7-6-8-14-20(5-2)15-17-11-9-10-16(3)19-17/h9-11,18H,4-8,12-15H2,1-3H3. The van der Waals surface area contributed by atoms with Crippen LogP contribution in [0.1, 0.15) is 50.9 Å². The van der Waals surface area contributed by atoms with E-state index < -0.39 is 0 Å². The van der Waals surface area contributed by atoms with Gasteiger partial charge in [0, 0.05) is 12.2 Å². The van der Waals surface area contributed by atoms with Gasteiger partial charge in [-0.25, -0.2) is 0 Å². The first-order valence-corrected chi connectivity index (χ1v) is 8.11. The van der Waals surface area contributed by atoms with E-state index in [9.17, 15) is 0 Å². The van der Waals surface area contributed by atoms with Crippen LogP contribution in [0, 0.1) is 6.92 Å². The Morgan fingerprint density at radius 3 is 2.65 bits per heavy atom. The first kappa shape index (κ1) is 17.1. The Morgan fingerprint density at radius 2 is 1.95 bits per heavy atom. The van der Waals surface area contributed by atoms with E-state index in [2.05, 4.69) is 54.2 Å². The minimum absolute atomic E-state index is 0.978. The van der Waals surface area contributed by atoms with Crippen LogP contribution in [-0.2, 0) is 6.54 Å². The fourth-order valence-electron chi connectivity index (χ4n) is 2.33. The lowest BCUT2D eigenvalue weighted by molar-refractivity contribution is 0.269. The third kappa shape index (κ3) is 7.61. The van der Waals surface area contributed by atoms with Gasteiger partial charge in [0.25, 0.3) is 0 Å². The van der Waals surface area contributed by atoms with Crippen molar-refractivity contribution in [2.45, 2.75) is 53.0 Å². The highest BCUT2D eigenvalue weighted by atomic mass is 15.1. The zero-order valence-corrected chi connectivity index (χ0v) is 13.5. The fourth-order valence-corrected chi connectivity index (χ4v) is 2.33. The summed E-state index contributed by atoms with van der Waals surface area (Å²) in [5, 5.41) is 3.46. The Kier molecular flexibility index (Phi) is 9.25. The molecule has 0 aromatic carbocycles. The fraction of sp³-hybridized carbons (Fsp3) is 0.706. The quantitative estimate of drug-likeness (QED) is 0.629. The van der Waals surface area contributed by atoms with Crippen LogP contribution < -0.4 is 5.32 Å². The lowest BCUT2D eigenvalue weighted by Gasteiger charge is -2.20. The van der Waals surface area contributed by atoms with Crippen molar-refractivity contribution < 1.29 is 0 Å². The zero-order valence-electron chi connectivity index (χ0n) is 13.5. The lowest BCUT2D eigenvalue weighted by atomic mass is 10.2. The van der Waals surface area contributed by atoms with Gasteiger partial charge in [0.1, 0.15) is 0 Å². The van der Waals surface area contributed by atoms with Crippen LogP contribution in [0.5, 0.6) is 0 Å². The molecule has 0 aliphatic rings. The Bertz CT molecular complexity index is 352. The highest BCUT2D eigenvalue weighted by Crippen LogP contribution is 2.05. The number of aryl methyl sites for hydroxylation is 1. The molecule has 0 atom stereocenters. The molecular weight excluding hydrogens is 246 g/mol. The van der Waals surface area contributed by atoms with E-state index in [1.165, 1.54) is 44.5 Å². The summed E-state index contributed by atoms with van der Waals surface area (Å²) < 4.78 is 0. The first-order valence-electron chi connectivity index (χ1n) is 8.11. The molecule has 3 nitrogen and oxygen atoms in total. The number of pyridine rings is 1. The van der Waals surface area contributed by atoms with E-state index in [1.807, 2.05) is 0 Å². The Morgan fingerprint density at radius 1 is 1.10 bits per heavy atom. The molecule has 0 saturated carbocycles. The zero-order chi connectivity index (χ0) is 14.6. The monoisotopic (exact) mass is 277 g/mol. The highest BCUT2D eigenvalue weighted by molar-refractivity contribution is 5.09. The number of nitrogens with zero attached hydrogens (tertiary/aromatic N) is 2. The van der Waals surface area contributed by atoms with Gasteiger partial charge in [0.2, 0.25) is 0 Å². The molecule has 1 heterocycles. The SMILES string of the molecule is CCCNCCCCCN(CC)Cc1cccc(C)n1. The summed E-state index contributed by atoms with van der Waals surface area (Å²) in [6, 6.07) is 6.29. The Balaban J connectivity index is 2.16. The molecule has 1 rings (SSSR count). The maximum absolute atomic E-state index is 4.59. The molecular formula is C17H31N3. The summed E-state index contributed by atoms with van der Waals surface area (Å²) in [6.45, 7) is 12.1. The summed E-state index contributed by atoms with van der Waals surface area (Å²) in [6.07, 6.45) is 5.12. The van der Waals surface area contributed by atoms with Crippen molar-refractivity contribution in [2.24, 2.45) is 0 Å². The molecule has 1 aromatic rings. The number of unbranched alkanes of at least 4 members (excludes halogenated alkanes) is 2. The average Bonchev–Trinajstić information content (AvgIpc) is 2.45. The van der Waals surface area contributed by atoms with Gasteiger partial charge in [-0.2, -0.15) is 0 Å². The summed E-state index contributed by atoms with van der Waals surface area (Å²) in [4.78, 5) is 7.07. The van der Waals surface area contributed by atoms with Crippen LogP contribution in [0.25, 0.3) is 0 Å². The van der Waals surface area contributed by atoms with Crippen molar-refractivity contribution in [1.29, 1.82) is 0 Å². The molecule has 1 N–H and O–H groups in total. The minimum atomic E-state index is 0.978. The molecule has 0 fully saturated rings. The lowest BCUT2D eigenvalue weighted by Crippen LogP contribution is -2.25. The molecule has 114 valence electrons. The van der Waals surface area contributed by atoms with Crippen molar-refractivity contribution >= 4 is 0 Å². The van der Waals surface area contributed by atoms with Crippen molar-refractivity contribution in [2.75, 3.05) is 26.2 Å². The van der Waals surface area contributed by atoms with Gasteiger partial charge in [-0.1, -0.05) is 26.3 Å². The van der Waals surface area contributed by atoms with E-state index in [0.29, 0.717) is 0 Å². The number of hydrogen-bond donors (Lipinski definition) is 1. The van der Waals surface area contributed by atoms with Gasteiger partial charge < -0.3 is 5.32 Å². The van der Waals surface area contributed by atoms with E-state index in [0.717, 1.165) is 25.3 Å². The van der Waals surface area contributed by atoms with Gasteiger partial charge in [-0.15, -0.1) is 0 Å². The van der Waals surface area contributed by atoms with Crippen LogP contribution in [0.2, 0.25) is 0 Å². The second kappa shape index (κ2) is 10.8. The smallest absolute Gasteiger partial charge is 0.0547 e. The molecule has 0 radical (unpaired) electrons. The second-order valence-electron chi connectivity index (χ2n) is 5.45. The van der Waals surface area contributed by atoms with E-state index in [4.69, 9.17) is 0 Å². The third-order valence-corrected chi connectivity index (χ3v) is 3.53. The van der Waals surface area contributed by atoms with Crippen molar-refractivity contribution in [1.82, 2.24) is 15.2 Å². The molecule has 0 bridgehead atoms. The van der Waals surface area contributed by atoms with Gasteiger partial charge in [0.15, 0.2) is 0 Å². The molecule has 0 unspecified atom stereocenters. The maximum atomic E-state index is 4.59. The van der Waals surface area contributed by atoms with E-state index >= 15 is 0 Å². The topological polar surface area (TPSA) is 28.2 Å². The van der Waals surface area contributed by atoms with Crippen molar-refractivity contribution in [3.63, 3.8) is 0 Å². The number of rotatable bonds is 11. The Hall–Kier alpha value is -0.930. The largest absolute Gasteiger partial charge is 0.317 e. The van der Waals surface area contributed by atoms with E-state index in [-0.39, 0.29) is 0 Å². The summed E-state index contributed by atoms with van der Waals surface area (Å²) >= 11 is 0. The molecule has 0 aliphatic carbocycles. The predicted octanol–water partition coefficient (Wildman–Crippen LogP) is 3.38. The molecule has 3 heteroatoms. The second-order valence-corrected chi connectivity index (χ2v) is 5.45. The van der Waals surface area contributed by atoms with Crippen molar-refractivity contribution in [3.05, 3.63) is 29.6 Å². The normalized spacial score (nSPS) is 11.2. The molecule has 0 spiro atoms. The van der Waals surface area contributed by atoms with Gasteiger partial charge in [0.05, 0.1) is 5.69 Å². The molecule has 0 amide bonds. The molecule has 1 aromatic heterocycles. The van der Waals surface area contributed by atoms with Gasteiger partial charge in [-0.05, 0) is 64.5 Å². The average molecular weight is 277 g/mol. The predicted molar refractivity (Wildman–Crippen MR) is 86.9 cm³/mol. The number of nitrogens with one attached hydrogen (secondary N) is 1. The summed E-state index contributed by atoms with van der Waals surface area (Å²) in [5.41, 5.74) is 2.30. The minimum Gasteiger partial charge on any atom is -0.317 e. The van der Waals surface area contributed by atoms with Gasteiger partial charge >= 0.3 is 0 Å². The molecule has 20 heavy (non-hydrogen) atoms. The number of aromatic nitrogens is 1. The van der Waals surface area contributed by atoms with Crippen LogP contribution >= 0.6 is 0 Å². The first-order chi connectivity index (χ1) is 9.76.